The highest BCUT2D eigenvalue weighted by Gasteiger charge is 2.26. The maximum atomic E-state index is 6.17. The molecule has 0 spiro atoms. The molecule has 0 saturated heterocycles. The van der Waals surface area contributed by atoms with Crippen LogP contribution < -0.4 is 5.32 Å². The number of nitrogens with zero attached hydrogens (tertiary/aromatic N) is 1. The topological polar surface area (TPSA) is 24.9 Å². The number of aromatic nitrogens is 1. The predicted molar refractivity (Wildman–Crippen MR) is 84.8 cm³/mol. The normalized spacial score (nSPS) is 13.9. The van der Waals surface area contributed by atoms with Crippen LogP contribution in [0.2, 0.25) is 0 Å². The molecular formula is C15H16BrClN2. The molecule has 4 heteroatoms. The third kappa shape index (κ3) is 3.28. The average Bonchev–Trinajstić information content (AvgIpc) is 2.43. The Morgan fingerprint density at radius 3 is 2.58 bits per heavy atom. The van der Waals surface area contributed by atoms with E-state index in [0.717, 1.165) is 21.4 Å². The molecule has 1 atom stereocenters. The van der Waals surface area contributed by atoms with Crippen molar-refractivity contribution in [2.24, 2.45) is 0 Å². The van der Waals surface area contributed by atoms with Crippen molar-refractivity contribution in [3.63, 3.8) is 0 Å². The van der Waals surface area contributed by atoms with Crippen LogP contribution in [0, 0.1) is 6.92 Å². The van der Waals surface area contributed by atoms with Crippen LogP contribution in [0.3, 0.4) is 0 Å². The second-order valence-electron chi connectivity index (χ2n) is 4.80. The van der Waals surface area contributed by atoms with Crippen LogP contribution in [0.5, 0.6) is 0 Å². The quantitative estimate of drug-likeness (QED) is 0.815. The summed E-state index contributed by atoms with van der Waals surface area (Å²) in [5, 5.41) is 3.43. The number of alkyl halides is 1. The number of hydrogen-bond donors (Lipinski definition) is 1. The Balaban J connectivity index is 2.33. The summed E-state index contributed by atoms with van der Waals surface area (Å²) < 4.78 is 0.944. The van der Waals surface area contributed by atoms with E-state index < -0.39 is 0 Å². The summed E-state index contributed by atoms with van der Waals surface area (Å²) in [6.45, 7) is 4.09. The van der Waals surface area contributed by atoms with E-state index in [1.165, 1.54) is 0 Å². The van der Waals surface area contributed by atoms with Gasteiger partial charge in [0.2, 0.25) is 0 Å². The minimum atomic E-state index is -0.354. The molecule has 0 radical (unpaired) electrons. The van der Waals surface area contributed by atoms with E-state index in [0.29, 0.717) is 5.88 Å². The number of aryl methyl sites for hydroxylation is 1. The van der Waals surface area contributed by atoms with E-state index in [1.54, 1.807) is 0 Å². The number of pyridine rings is 1. The molecule has 100 valence electrons. The average molecular weight is 340 g/mol. The van der Waals surface area contributed by atoms with Gasteiger partial charge in [-0.05, 0) is 47.0 Å². The van der Waals surface area contributed by atoms with E-state index in [-0.39, 0.29) is 5.54 Å². The van der Waals surface area contributed by atoms with Crippen LogP contribution in [-0.4, -0.2) is 10.9 Å². The lowest BCUT2D eigenvalue weighted by Gasteiger charge is -2.30. The number of halogens is 2. The van der Waals surface area contributed by atoms with Crippen molar-refractivity contribution in [3.8, 4) is 0 Å². The zero-order valence-corrected chi connectivity index (χ0v) is 13.3. The monoisotopic (exact) mass is 338 g/mol. The van der Waals surface area contributed by atoms with Crippen molar-refractivity contribution < 1.29 is 0 Å². The zero-order valence-electron chi connectivity index (χ0n) is 11.0. The summed E-state index contributed by atoms with van der Waals surface area (Å²) in [4.78, 5) is 4.42. The fraction of sp³-hybridized carbons (Fsp3) is 0.267. The van der Waals surface area contributed by atoms with Crippen molar-refractivity contribution in [2.75, 3.05) is 11.2 Å². The van der Waals surface area contributed by atoms with Gasteiger partial charge in [-0.2, -0.15) is 0 Å². The maximum absolute atomic E-state index is 6.17. The van der Waals surface area contributed by atoms with Crippen LogP contribution in [0.25, 0.3) is 0 Å². The van der Waals surface area contributed by atoms with Gasteiger partial charge in [0.1, 0.15) is 5.82 Å². The molecule has 1 N–H and O–H groups in total. The zero-order chi connectivity index (χ0) is 13.9. The molecule has 0 amide bonds. The van der Waals surface area contributed by atoms with Crippen molar-refractivity contribution in [3.05, 3.63) is 58.2 Å². The van der Waals surface area contributed by atoms with Gasteiger partial charge >= 0.3 is 0 Å². The summed E-state index contributed by atoms with van der Waals surface area (Å²) in [6, 6.07) is 12.2. The summed E-state index contributed by atoms with van der Waals surface area (Å²) in [6.07, 6.45) is 1.84. The van der Waals surface area contributed by atoms with Gasteiger partial charge in [0.15, 0.2) is 0 Å². The lowest BCUT2D eigenvalue weighted by molar-refractivity contribution is 0.613. The molecule has 1 aromatic carbocycles. The molecule has 1 heterocycles. The molecule has 19 heavy (non-hydrogen) atoms. The Labute approximate surface area is 127 Å². The first-order valence-electron chi connectivity index (χ1n) is 6.07. The third-order valence-corrected chi connectivity index (χ3v) is 4.19. The summed E-state index contributed by atoms with van der Waals surface area (Å²) in [5.74, 6) is 1.26. The first-order chi connectivity index (χ1) is 9.05. The molecule has 1 unspecified atom stereocenters. The molecule has 2 nitrogen and oxygen atoms in total. The minimum Gasteiger partial charge on any atom is -0.359 e. The second kappa shape index (κ2) is 5.93. The van der Waals surface area contributed by atoms with E-state index in [4.69, 9.17) is 11.6 Å². The van der Waals surface area contributed by atoms with Crippen molar-refractivity contribution in [1.29, 1.82) is 0 Å². The van der Waals surface area contributed by atoms with Crippen LogP contribution in [-0.2, 0) is 5.54 Å². The fourth-order valence-corrected chi connectivity index (χ4v) is 2.66. The minimum absolute atomic E-state index is 0.354. The van der Waals surface area contributed by atoms with Gasteiger partial charge < -0.3 is 5.32 Å². The smallest absolute Gasteiger partial charge is 0.141 e. The molecule has 1 aromatic heterocycles. The van der Waals surface area contributed by atoms with Crippen LogP contribution in [0.15, 0.2) is 47.1 Å². The van der Waals surface area contributed by atoms with Gasteiger partial charge in [0, 0.05) is 12.1 Å². The molecular weight excluding hydrogens is 324 g/mol. The van der Waals surface area contributed by atoms with E-state index >= 15 is 0 Å². The third-order valence-electron chi connectivity index (χ3n) is 3.05. The van der Waals surface area contributed by atoms with Gasteiger partial charge in [-0.1, -0.05) is 30.3 Å². The first kappa shape index (κ1) is 14.4. The second-order valence-corrected chi connectivity index (χ2v) is 5.92. The fourth-order valence-electron chi connectivity index (χ4n) is 1.88. The van der Waals surface area contributed by atoms with Crippen molar-refractivity contribution in [1.82, 2.24) is 4.98 Å². The van der Waals surface area contributed by atoms with Crippen LogP contribution in [0.4, 0.5) is 5.82 Å². The summed E-state index contributed by atoms with van der Waals surface area (Å²) in [5.41, 5.74) is 1.90. The first-order valence-corrected chi connectivity index (χ1v) is 7.40. The van der Waals surface area contributed by atoms with Gasteiger partial charge in [0.25, 0.3) is 0 Å². The molecule has 0 fully saturated rings. The molecule has 2 rings (SSSR count). The van der Waals surface area contributed by atoms with Gasteiger partial charge in [-0.25, -0.2) is 4.98 Å². The number of anilines is 1. The Bertz CT molecular complexity index is 559. The largest absolute Gasteiger partial charge is 0.359 e. The van der Waals surface area contributed by atoms with Crippen LogP contribution in [0.1, 0.15) is 18.1 Å². The summed E-state index contributed by atoms with van der Waals surface area (Å²) >= 11 is 9.70. The van der Waals surface area contributed by atoms with Gasteiger partial charge in [-0.15, -0.1) is 11.6 Å². The number of rotatable bonds is 4. The maximum Gasteiger partial charge on any atom is 0.141 e. The Kier molecular flexibility index (Phi) is 4.48. The van der Waals surface area contributed by atoms with Gasteiger partial charge in [0.05, 0.1) is 10.0 Å². The van der Waals surface area contributed by atoms with Crippen molar-refractivity contribution in [2.45, 2.75) is 19.4 Å². The lowest BCUT2D eigenvalue weighted by Crippen LogP contribution is -2.34. The molecule has 0 aliphatic rings. The Hall–Kier alpha value is -1.06. The highest BCUT2D eigenvalue weighted by molar-refractivity contribution is 9.10. The highest BCUT2D eigenvalue weighted by Crippen LogP contribution is 2.30. The number of hydrogen-bond acceptors (Lipinski definition) is 2. The Morgan fingerprint density at radius 2 is 2.00 bits per heavy atom. The summed E-state index contributed by atoms with van der Waals surface area (Å²) in [7, 11) is 0. The number of benzene rings is 1. The van der Waals surface area contributed by atoms with E-state index in [2.05, 4.69) is 45.3 Å². The molecule has 0 bridgehead atoms. The Morgan fingerprint density at radius 1 is 1.32 bits per heavy atom. The lowest BCUT2D eigenvalue weighted by atomic mass is 9.94. The van der Waals surface area contributed by atoms with Crippen LogP contribution >= 0.6 is 27.5 Å². The van der Waals surface area contributed by atoms with E-state index in [9.17, 15) is 0 Å². The van der Waals surface area contributed by atoms with E-state index in [1.807, 2.05) is 37.4 Å². The standard InChI is InChI=1S/C15H16BrClN2/c1-11-8-13(16)14(18-9-11)19-15(2,10-17)12-6-4-3-5-7-12/h3-9H,10H2,1-2H3,(H,18,19). The molecule has 2 aromatic rings. The number of nitrogens with one attached hydrogen (secondary N) is 1. The SMILES string of the molecule is Cc1cnc(NC(C)(CCl)c2ccccc2)c(Br)c1. The van der Waals surface area contributed by atoms with Crippen molar-refractivity contribution >= 4 is 33.3 Å². The molecule has 0 saturated carbocycles. The highest BCUT2D eigenvalue weighted by atomic mass is 79.9. The molecule has 0 aliphatic heterocycles. The van der Waals surface area contributed by atoms with Gasteiger partial charge in [-0.3, -0.25) is 0 Å². The molecule has 0 aliphatic carbocycles. The predicted octanol–water partition coefficient (Wildman–Crippen LogP) is 4.72.